The zero-order valence-electron chi connectivity index (χ0n) is 17.3. The van der Waals surface area contributed by atoms with Crippen molar-refractivity contribution in [3.8, 4) is 0 Å². The molecular formula is C22H25N7O2. The van der Waals surface area contributed by atoms with E-state index in [0.717, 1.165) is 51.1 Å². The highest BCUT2D eigenvalue weighted by atomic mass is 16.2. The molecule has 0 spiro atoms. The number of aromatic nitrogens is 4. The van der Waals surface area contributed by atoms with E-state index in [2.05, 4.69) is 30.2 Å². The monoisotopic (exact) mass is 419 g/mol. The molecule has 3 aromatic rings. The average molecular weight is 419 g/mol. The van der Waals surface area contributed by atoms with Crippen molar-refractivity contribution in [3.63, 3.8) is 0 Å². The molecule has 0 aromatic carbocycles. The van der Waals surface area contributed by atoms with Crippen LogP contribution in [0.25, 0.3) is 11.2 Å². The maximum absolute atomic E-state index is 12.8. The molecule has 2 N–H and O–H groups in total. The number of rotatable bonds is 4. The number of H-pyrrole nitrogens is 1. The van der Waals surface area contributed by atoms with Crippen molar-refractivity contribution < 1.29 is 9.59 Å². The predicted octanol–water partition coefficient (Wildman–Crippen LogP) is 2.44. The summed E-state index contributed by atoms with van der Waals surface area (Å²) < 4.78 is 0. The molecule has 2 saturated heterocycles. The minimum absolute atomic E-state index is 0.0169. The number of aromatic amines is 1. The maximum atomic E-state index is 12.8. The number of anilines is 2. The Balaban J connectivity index is 1.31. The summed E-state index contributed by atoms with van der Waals surface area (Å²) in [5, 5.41) is 2.72. The van der Waals surface area contributed by atoms with Gasteiger partial charge in [0.2, 0.25) is 5.91 Å². The molecule has 2 fully saturated rings. The van der Waals surface area contributed by atoms with Gasteiger partial charge in [0, 0.05) is 32.4 Å². The molecule has 5 heterocycles. The fourth-order valence-corrected chi connectivity index (χ4v) is 4.36. The van der Waals surface area contributed by atoms with Crippen LogP contribution in [0.2, 0.25) is 0 Å². The lowest BCUT2D eigenvalue weighted by atomic mass is 9.96. The molecule has 0 saturated carbocycles. The van der Waals surface area contributed by atoms with Crippen molar-refractivity contribution in [1.29, 1.82) is 0 Å². The van der Waals surface area contributed by atoms with Crippen LogP contribution in [0.1, 0.15) is 36.3 Å². The van der Waals surface area contributed by atoms with Crippen LogP contribution >= 0.6 is 0 Å². The number of pyridine rings is 2. The highest BCUT2D eigenvalue weighted by Gasteiger charge is 2.31. The smallest absolute Gasteiger partial charge is 0.292 e. The molecule has 1 atom stereocenters. The quantitative estimate of drug-likeness (QED) is 0.673. The Kier molecular flexibility index (Phi) is 5.23. The summed E-state index contributed by atoms with van der Waals surface area (Å²) in [5.74, 6) is 1.36. The first-order valence-electron chi connectivity index (χ1n) is 10.8. The van der Waals surface area contributed by atoms with Crippen LogP contribution in [0.3, 0.4) is 0 Å². The lowest BCUT2D eigenvalue weighted by molar-refractivity contribution is -0.134. The Bertz CT molecular complexity index is 1090. The largest absolute Gasteiger partial charge is 0.356 e. The molecule has 2 amide bonds. The standard InChI is InChI=1S/C22H25N7O2/c30-21(25-17-7-1-2-10-23-17)20-24-16-8-9-18(26-19(16)27-20)29-13-5-6-15(14-29)22(31)28-11-3-4-12-28/h1-2,7-10,15H,3-6,11-14H2,(H,23,25,30)(H,24,26,27). The van der Waals surface area contributed by atoms with E-state index in [0.29, 0.717) is 23.5 Å². The average Bonchev–Trinajstić information content (AvgIpc) is 3.49. The van der Waals surface area contributed by atoms with Crippen LogP contribution in [0.4, 0.5) is 11.6 Å². The summed E-state index contributed by atoms with van der Waals surface area (Å²) in [5.41, 5.74) is 1.17. The first-order chi connectivity index (χ1) is 15.2. The van der Waals surface area contributed by atoms with Gasteiger partial charge < -0.3 is 20.1 Å². The molecule has 0 bridgehead atoms. The van der Waals surface area contributed by atoms with Gasteiger partial charge in [-0.2, -0.15) is 0 Å². The number of hydrogen-bond acceptors (Lipinski definition) is 6. The van der Waals surface area contributed by atoms with E-state index >= 15 is 0 Å². The summed E-state index contributed by atoms with van der Waals surface area (Å²) in [6, 6.07) is 9.10. The van der Waals surface area contributed by atoms with E-state index in [9.17, 15) is 9.59 Å². The number of imidazole rings is 1. The number of piperidine rings is 1. The Labute approximate surface area is 179 Å². The fraction of sp³-hybridized carbons (Fsp3) is 0.409. The van der Waals surface area contributed by atoms with Crippen molar-refractivity contribution in [2.45, 2.75) is 25.7 Å². The van der Waals surface area contributed by atoms with Crippen molar-refractivity contribution >= 4 is 34.6 Å². The summed E-state index contributed by atoms with van der Waals surface area (Å²) in [6.45, 7) is 3.30. The highest BCUT2D eigenvalue weighted by molar-refractivity contribution is 6.02. The molecule has 31 heavy (non-hydrogen) atoms. The van der Waals surface area contributed by atoms with Crippen LogP contribution in [0, 0.1) is 5.92 Å². The van der Waals surface area contributed by atoms with Gasteiger partial charge in [-0.3, -0.25) is 9.59 Å². The molecule has 0 radical (unpaired) electrons. The molecule has 160 valence electrons. The number of amides is 2. The number of nitrogens with one attached hydrogen (secondary N) is 2. The normalized spacial score (nSPS) is 19.0. The van der Waals surface area contributed by atoms with E-state index in [1.165, 1.54) is 0 Å². The van der Waals surface area contributed by atoms with E-state index in [4.69, 9.17) is 0 Å². The summed E-state index contributed by atoms with van der Waals surface area (Å²) in [6.07, 6.45) is 5.71. The molecule has 3 aromatic heterocycles. The van der Waals surface area contributed by atoms with Crippen LogP contribution in [0.5, 0.6) is 0 Å². The van der Waals surface area contributed by atoms with Gasteiger partial charge in [-0.15, -0.1) is 0 Å². The number of hydrogen-bond donors (Lipinski definition) is 2. The topological polar surface area (TPSA) is 107 Å². The number of likely N-dealkylation sites (tertiary alicyclic amines) is 1. The summed E-state index contributed by atoms with van der Waals surface area (Å²) in [7, 11) is 0. The zero-order chi connectivity index (χ0) is 21.2. The second-order valence-corrected chi connectivity index (χ2v) is 8.11. The maximum Gasteiger partial charge on any atom is 0.292 e. The van der Waals surface area contributed by atoms with Gasteiger partial charge in [0.15, 0.2) is 11.5 Å². The number of fused-ring (bicyclic) bond motifs is 1. The minimum Gasteiger partial charge on any atom is -0.356 e. The zero-order valence-corrected chi connectivity index (χ0v) is 17.3. The first kappa shape index (κ1) is 19.5. The Morgan fingerprint density at radius 1 is 1.03 bits per heavy atom. The number of carbonyl (C=O) groups is 2. The van der Waals surface area contributed by atoms with Crippen molar-refractivity contribution in [2.75, 3.05) is 36.4 Å². The van der Waals surface area contributed by atoms with Gasteiger partial charge in [0.05, 0.1) is 11.4 Å². The van der Waals surface area contributed by atoms with Crippen molar-refractivity contribution in [3.05, 3.63) is 42.4 Å². The van der Waals surface area contributed by atoms with Gasteiger partial charge in [0.1, 0.15) is 11.6 Å². The van der Waals surface area contributed by atoms with Gasteiger partial charge in [-0.1, -0.05) is 6.07 Å². The third kappa shape index (κ3) is 4.08. The molecule has 0 aliphatic carbocycles. The second-order valence-electron chi connectivity index (χ2n) is 8.11. The highest BCUT2D eigenvalue weighted by Crippen LogP contribution is 2.26. The fourth-order valence-electron chi connectivity index (χ4n) is 4.36. The summed E-state index contributed by atoms with van der Waals surface area (Å²) >= 11 is 0. The van der Waals surface area contributed by atoms with Gasteiger partial charge in [-0.25, -0.2) is 15.0 Å². The molecule has 9 heteroatoms. The van der Waals surface area contributed by atoms with Crippen molar-refractivity contribution in [1.82, 2.24) is 24.8 Å². The van der Waals surface area contributed by atoms with Crippen LogP contribution in [-0.4, -0.2) is 62.8 Å². The lowest BCUT2D eigenvalue weighted by Gasteiger charge is -2.34. The second kappa shape index (κ2) is 8.33. The predicted molar refractivity (Wildman–Crippen MR) is 117 cm³/mol. The Hall–Kier alpha value is -3.49. The third-order valence-corrected chi connectivity index (χ3v) is 5.97. The molecule has 2 aliphatic rings. The van der Waals surface area contributed by atoms with Gasteiger partial charge in [0.25, 0.3) is 5.91 Å². The Morgan fingerprint density at radius 2 is 1.90 bits per heavy atom. The lowest BCUT2D eigenvalue weighted by Crippen LogP contribution is -2.44. The Morgan fingerprint density at radius 3 is 2.71 bits per heavy atom. The first-order valence-corrected chi connectivity index (χ1v) is 10.8. The minimum atomic E-state index is -0.368. The number of carbonyl (C=O) groups excluding carboxylic acids is 2. The molecule has 2 aliphatic heterocycles. The van der Waals surface area contributed by atoms with E-state index < -0.39 is 0 Å². The SMILES string of the molecule is O=C(Nc1ccccn1)c1nc2nc(N3CCCC(C(=O)N4CCCC4)C3)ccc2[nH]1. The number of nitrogens with zero attached hydrogens (tertiary/aromatic N) is 5. The van der Waals surface area contributed by atoms with Crippen LogP contribution in [-0.2, 0) is 4.79 Å². The van der Waals surface area contributed by atoms with Crippen molar-refractivity contribution in [2.24, 2.45) is 5.92 Å². The van der Waals surface area contributed by atoms with E-state index in [1.807, 2.05) is 17.0 Å². The molecule has 1 unspecified atom stereocenters. The van der Waals surface area contributed by atoms with E-state index in [-0.39, 0.29) is 23.6 Å². The molecule has 9 nitrogen and oxygen atoms in total. The van der Waals surface area contributed by atoms with E-state index in [1.54, 1.807) is 24.4 Å². The van der Waals surface area contributed by atoms with Crippen LogP contribution < -0.4 is 10.2 Å². The molecular weight excluding hydrogens is 394 g/mol. The third-order valence-electron chi connectivity index (χ3n) is 5.97. The molecule has 5 rings (SSSR count). The van der Waals surface area contributed by atoms with Gasteiger partial charge >= 0.3 is 0 Å². The van der Waals surface area contributed by atoms with Crippen LogP contribution in [0.15, 0.2) is 36.5 Å². The van der Waals surface area contributed by atoms with Gasteiger partial charge in [-0.05, 0) is 49.9 Å². The summed E-state index contributed by atoms with van der Waals surface area (Å²) in [4.78, 5) is 45.6.